The van der Waals surface area contributed by atoms with Crippen LogP contribution in [0.15, 0.2) is 30.3 Å². The summed E-state index contributed by atoms with van der Waals surface area (Å²) in [4.78, 5) is 15.9. The van der Waals surface area contributed by atoms with Crippen LogP contribution in [0.4, 0.5) is 4.79 Å². The minimum Gasteiger partial charge on any atom is -0.444 e. The Morgan fingerprint density at radius 3 is 2.32 bits per heavy atom. The van der Waals surface area contributed by atoms with Gasteiger partial charge in [0.15, 0.2) is 0 Å². The molecule has 1 aliphatic rings. The van der Waals surface area contributed by atoms with Crippen LogP contribution in [0.1, 0.15) is 32.4 Å². The molecule has 0 bridgehead atoms. The van der Waals surface area contributed by atoms with E-state index in [2.05, 4.69) is 4.90 Å². The van der Waals surface area contributed by atoms with Gasteiger partial charge in [0.2, 0.25) is 0 Å². The predicted octanol–water partition coefficient (Wildman–Crippen LogP) is 2.27. The topological polar surface area (TPSA) is 53.0 Å². The van der Waals surface area contributed by atoms with Gasteiger partial charge in [-0.05, 0) is 26.3 Å². The fourth-order valence-electron chi connectivity index (χ4n) is 2.46. The minimum atomic E-state index is -0.491. The van der Waals surface area contributed by atoms with Gasteiger partial charge in [-0.3, -0.25) is 4.90 Å². The first-order valence-electron chi connectivity index (χ1n) is 7.78. The Morgan fingerprint density at radius 2 is 1.77 bits per heavy atom. The Labute approximate surface area is 132 Å². The summed E-state index contributed by atoms with van der Waals surface area (Å²) in [5.41, 5.74) is 0.467. The summed E-state index contributed by atoms with van der Waals surface area (Å²) in [5.74, 6) is 0. The number of carbonyl (C=O) groups excluding carboxylic acids is 1. The van der Waals surface area contributed by atoms with E-state index >= 15 is 0 Å². The highest BCUT2D eigenvalue weighted by Crippen LogP contribution is 2.16. The lowest BCUT2D eigenvalue weighted by Crippen LogP contribution is -2.50. The summed E-state index contributed by atoms with van der Waals surface area (Å²) in [6, 6.07) is 9.66. The van der Waals surface area contributed by atoms with Crippen LogP contribution in [-0.2, 0) is 4.74 Å². The molecule has 1 heterocycles. The van der Waals surface area contributed by atoms with Crippen molar-refractivity contribution in [3.8, 4) is 0 Å². The molecule has 0 aliphatic carbocycles. The van der Waals surface area contributed by atoms with E-state index in [0.29, 0.717) is 19.6 Å². The number of piperazine rings is 1. The zero-order valence-electron chi connectivity index (χ0n) is 13.7. The maximum atomic E-state index is 12.0. The van der Waals surface area contributed by atoms with Gasteiger partial charge in [-0.1, -0.05) is 30.3 Å². The molecule has 1 aromatic rings. The highest BCUT2D eigenvalue weighted by Gasteiger charge is 2.26. The molecule has 1 atom stereocenters. The first-order chi connectivity index (χ1) is 10.3. The number of aliphatic hydroxyl groups excluding tert-OH is 1. The third kappa shape index (κ3) is 5.00. The molecule has 1 N–H and O–H groups in total. The van der Waals surface area contributed by atoms with Crippen LogP contribution in [0.5, 0.6) is 0 Å². The summed E-state index contributed by atoms with van der Waals surface area (Å²) >= 11 is 0. The van der Waals surface area contributed by atoms with Crippen molar-refractivity contribution in [2.24, 2.45) is 0 Å². The summed E-state index contributed by atoms with van der Waals surface area (Å²) in [7, 11) is 0. The van der Waals surface area contributed by atoms with Gasteiger partial charge in [-0.15, -0.1) is 0 Å². The van der Waals surface area contributed by atoms with Gasteiger partial charge in [0, 0.05) is 32.7 Å². The Hall–Kier alpha value is -1.59. The molecule has 5 nitrogen and oxygen atoms in total. The van der Waals surface area contributed by atoms with Crippen LogP contribution in [0.25, 0.3) is 0 Å². The second-order valence-corrected chi connectivity index (χ2v) is 6.69. The van der Waals surface area contributed by atoms with Crippen LogP contribution in [0.3, 0.4) is 0 Å². The molecule has 122 valence electrons. The number of benzene rings is 1. The quantitative estimate of drug-likeness (QED) is 0.931. The van der Waals surface area contributed by atoms with Gasteiger partial charge < -0.3 is 14.7 Å². The summed E-state index contributed by atoms with van der Waals surface area (Å²) in [5, 5.41) is 10.3. The highest BCUT2D eigenvalue weighted by atomic mass is 16.6. The normalized spacial score (nSPS) is 18.1. The lowest BCUT2D eigenvalue weighted by molar-refractivity contribution is 0.0101. The number of hydrogen-bond donors (Lipinski definition) is 1. The molecular weight excluding hydrogens is 280 g/mol. The molecule has 1 amide bonds. The molecular formula is C17H26N2O3. The number of carbonyl (C=O) groups is 1. The van der Waals surface area contributed by atoms with Crippen LogP contribution in [0.2, 0.25) is 0 Å². The third-order valence-corrected chi connectivity index (χ3v) is 3.64. The van der Waals surface area contributed by atoms with Gasteiger partial charge >= 0.3 is 6.09 Å². The minimum absolute atomic E-state index is 0.254. The molecule has 22 heavy (non-hydrogen) atoms. The van der Waals surface area contributed by atoms with Crippen molar-refractivity contribution in [1.82, 2.24) is 9.80 Å². The van der Waals surface area contributed by atoms with E-state index in [9.17, 15) is 9.90 Å². The number of hydrogen-bond acceptors (Lipinski definition) is 4. The summed E-state index contributed by atoms with van der Waals surface area (Å²) in [6.07, 6.45) is -0.745. The maximum Gasteiger partial charge on any atom is 0.410 e. The molecule has 0 unspecified atom stereocenters. The molecule has 1 fully saturated rings. The second-order valence-electron chi connectivity index (χ2n) is 6.69. The molecule has 1 aromatic carbocycles. The summed E-state index contributed by atoms with van der Waals surface area (Å²) in [6.45, 7) is 8.98. The molecule has 0 radical (unpaired) electrons. The van der Waals surface area contributed by atoms with Crippen molar-refractivity contribution in [3.05, 3.63) is 35.9 Å². The van der Waals surface area contributed by atoms with Crippen molar-refractivity contribution < 1.29 is 14.6 Å². The lowest BCUT2D eigenvalue weighted by atomic mass is 10.1. The molecule has 5 heteroatoms. The lowest BCUT2D eigenvalue weighted by Gasteiger charge is -2.36. The monoisotopic (exact) mass is 306 g/mol. The van der Waals surface area contributed by atoms with E-state index in [1.165, 1.54) is 0 Å². The average Bonchev–Trinajstić information content (AvgIpc) is 2.47. The van der Waals surface area contributed by atoms with Crippen LogP contribution in [0, 0.1) is 0 Å². The molecule has 2 rings (SSSR count). The molecule has 0 saturated carbocycles. The van der Waals surface area contributed by atoms with E-state index in [4.69, 9.17) is 4.74 Å². The van der Waals surface area contributed by atoms with Crippen LogP contribution < -0.4 is 0 Å². The van der Waals surface area contributed by atoms with E-state index < -0.39 is 11.7 Å². The second kappa shape index (κ2) is 7.11. The van der Waals surface area contributed by atoms with Gasteiger partial charge in [0.05, 0.1) is 6.10 Å². The number of nitrogens with zero attached hydrogens (tertiary/aromatic N) is 2. The largest absolute Gasteiger partial charge is 0.444 e. The fourth-order valence-corrected chi connectivity index (χ4v) is 2.46. The fraction of sp³-hybridized carbons (Fsp3) is 0.588. The Morgan fingerprint density at radius 1 is 1.18 bits per heavy atom. The smallest absolute Gasteiger partial charge is 0.410 e. The Balaban J connectivity index is 1.79. The number of amides is 1. The first kappa shape index (κ1) is 16.8. The number of ether oxygens (including phenoxy) is 1. The van der Waals surface area contributed by atoms with Crippen LogP contribution in [-0.4, -0.2) is 59.3 Å². The number of aliphatic hydroxyl groups is 1. The predicted molar refractivity (Wildman–Crippen MR) is 85.6 cm³/mol. The average molecular weight is 306 g/mol. The van der Waals surface area contributed by atoms with E-state index in [1.54, 1.807) is 4.90 Å². The van der Waals surface area contributed by atoms with Gasteiger partial charge in [0.1, 0.15) is 5.60 Å². The van der Waals surface area contributed by atoms with E-state index in [1.807, 2.05) is 51.1 Å². The van der Waals surface area contributed by atoms with Crippen molar-refractivity contribution >= 4 is 6.09 Å². The van der Waals surface area contributed by atoms with Crippen molar-refractivity contribution in [1.29, 1.82) is 0 Å². The van der Waals surface area contributed by atoms with E-state index in [0.717, 1.165) is 18.7 Å². The molecule has 1 aliphatic heterocycles. The Kier molecular flexibility index (Phi) is 5.42. The molecule has 1 saturated heterocycles. The van der Waals surface area contributed by atoms with Crippen molar-refractivity contribution in [2.45, 2.75) is 32.5 Å². The summed E-state index contributed by atoms with van der Waals surface area (Å²) < 4.78 is 5.38. The zero-order valence-corrected chi connectivity index (χ0v) is 13.7. The van der Waals surface area contributed by atoms with Crippen molar-refractivity contribution in [2.75, 3.05) is 32.7 Å². The highest BCUT2D eigenvalue weighted by molar-refractivity contribution is 5.68. The number of β-amino-alcohol motifs (C(OH)–C–C–N with tert-alkyl or cyclic N) is 1. The molecule has 0 spiro atoms. The SMILES string of the molecule is CC(C)(C)OC(=O)N1CCN(C[C@H](O)c2ccccc2)CC1. The first-order valence-corrected chi connectivity index (χ1v) is 7.78. The van der Waals surface area contributed by atoms with E-state index in [-0.39, 0.29) is 6.09 Å². The van der Waals surface area contributed by atoms with Gasteiger partial charge in [-0.2, -0.15) is 0 Å². The zero-order chi connectivity index (χ0) is 16.2. The maximum absolute atomic E-state index is 12.0. The standard InChI is InChI=1S/C17H26N2O3/c1-17(2,3)22-16(21)19-11-9-18(10-12-19)13-15(20)14-7-5-4-6-8-14/h4-8,15,20H,9-13H2,1-3H3/t15-/m0/s1. The van der Waals surface area contributed by atoms with Crippen LogP contribution >= 0.6 is 0 Å². The number of rotatable bonds is 3. The third-order valence-electron chi connectivity index (χ3n) is 3.64. The van der Waals surface area contributed by atoms with Gasteiger partial charge in [0.25, 0.3) is 0 Å². The Bertz CT molecular complexity index is 476. The van der Waals surface area contributed by atoms with Gasteiger partial charge in [-0.25, -0.2) is 4.79 Å². The molecule has 0 aromatic heterocycles. The van der Waals surface area contributed by atoms with Crippen molar-refractivity contribution in [3.63, 3.8) is 0 Å².